The molecule has 0 aromatic heterocycles. The zero-order valence-electron chi connectivity index (χ0n) is 40.3. The maximum Gasteiger partial charge on any atom is 0.333 e. The van der Waals surface area contributed by atoms with Gasteiger partial charge in [0.15, 0.2) is 24.3 Å². The Balaban J connectivity index is 0.000000178. The number of nitrogens with zero attached hydrogens (tertiary/aromatic N) is 3. The van der Waals surface area contributed by atoms with Gasteiger partial charge in [-0.15, -0.1) is 0 Å². The van der Waals surface area contributed by atoms with E-state index in [0.29, 0.717) is 57.9 Å². The number of nitro benzene ring substituents is 1. The molecule has 4 atom stereocenters. The Morgan fingerprint density at radius 2 is 0.875 bits per heavy atom. The molecule has 6 saturated heterocycles. The van der Waals surface area contributed by atoms with Gasteiger partial charge in [0, 0.05) is 77.8 Å². The topological polar surface area (TPSA) is 180 Å². The minimum atomic E-state index is -0.644. The van der Waals surface area contributed by atoms with E-state index in [1.54, 1.807) is 24.3 Å². The van der Waals surface area contributed by atoms with Crippen LogP contribution in [0.2, 0.25) is 0 Å². The molecule has 0 radical (unpaired) electrons. The Bertz CT molecular complexity index is 2800. The molecule has 0 amide bonds. The van der Waals surface area contributed by atoms with E-state index in [0.717, 1.165) is 74.4 Å². The van der Waals surface area contributed by atoms with Crippen LogP contribution in [0, 0.1) is 22.0 Å². The Hall–Kier alpha value is -7.68. The van der Waals surface area contributed by atoms with Crippen molar-refractivity contribution in [1.82, 2.24) is 0 Å². The Kier molecular flexibility index (Phi) is 15.2. The molecule has 6 aliphatic heterocycles. The van der Waals surface area contributed by atoms with E-state index >= 15 is 0 Å². The van der Waals surface area contributed by atoms with Gasteiger partial charge in [0.2, 0.25) is 11.6 Å². The lowest BCUT2D eigenvalue weighted by atomic mass is 9.82. The highest BCUT2D eigenvalue weighted by atomic mass is 16.6. The SMILES string of the molecule is Nc1ccc(C(=O)C[N+]23CCC(CC2)[C@@H](OC(=O)[C@H](Nc2ccccc2)c2ccccc2)C3)cc1.O=C(C[N+]12CCC(CC1)[C@@H](OC(=O)[C@H](Nc1ccccc1)c1ccccc1)C2)c1ccc([N+](=O)[O-])cc1. The van der Waals surface area contributed by atoms with Crippen LogP contribution in [0.25, 0.3) is 0 Å². The highest BCUT2D eigenvalue weighted by molar-refractivity contribution is 5.97. The van der Waals surface area contributed by atoms with Crippen LogP contribution in [0.3, 0.4) is 0 Å². The van der Waals surface area contributed by atoms with Crippen LogP contribution in [0.15, 0.2) is 170 Å². The summed E-state index contributed by atoms with van der Waals surface area (Å²) < 4.78 is 13.6. The van der Waals surface area contributed by atoms with Gasteiger partial charge in [0.25, 0.3) is 5.69 Å². The van der Waals surface area contributed by atoms with Gasteiger partial charge in [-0.2, -0.15) is 0 Å². The third-order valence-electron chi connectivity index (χ3n) is 15.1. The molecule has 370 valence electrons. The average Bonchev–Trinajstić information content (AvgIpc) is 3.41. The number of fused-ring (bicyclic) bond motifs is 6. The number of benzene rings is 6. The molecule has 0 unspecified atom stereocenters. The number of nitro groups is 1. The summed E-state index contributed by atoms with van der Waals surface area (Å²) in [7, 11) is 0. The number of hydrogen-bond donors (Lipinski definition) is 3. The van der Waals surface area contributed by atoms with E-state index in [2.05, 4.69) is 10.6 Å². The normalized spacial score (nSPS) is 23.5. The number of anilines is 3. The largest absolute Gasteiger partial charge is 0.454 e. The minimum absolute atomic E-state index is 0.0357. The van der Waals surface area contributed by atoms with E-state index in [1.165, 1.54) is 24.3 Å². The number of piperidine rings is 6. The molecule has 14 heteroatoms. The predicted octanol–water partition coefficient (Wildman–Crippen LogP) is 9.24. The summed E-state index contributed by atoms with van der Waals surface area (Å²) in [6, 6.07) is 50.2. The lowest BCUT2D eigenvalue weighted by Gasteiger charge is -2.51. The molecule has 12 rings (SSSR count). The van der Waals surface area contributed by atoms with Crippen molar-refractivity contribution in [2.75, 3.05) is 68.7 Å². The van der Waals surface area contributed by atoms with E-state index in [-0.39, 0.29) is 47.3 Å². The number of ether oxygens (including phenoxy) is 2. The van der Waals surface area contributed by atoms with Gasteiger partial charge < -0.3 is 34.8 Å². The maximum absolute atomic E-state index is 13.5. The third-order valence-corrected chi connectivity index (χ3v) is 15.1. The number of rotatable bonds is 17. The summed E-state index contributed by atoms with van der Waals surface area (Å²) in [5.74, 6) is 0.0947. The molecular formula is C58H62N6O8+2. The number of nitrogens with one attached hydrogen (secondary N) is 2. The Morgan fingerprint density at radius 3 is 1.24 bits per heavy atom. The molecule has 0 aliphatic carbocycles. The lowest BCUT2D eigenvalue weighted by Crippen LogP contribution is -2.65. The third kappa shape index (κ3) is 11.9. The van der Waals surface area contributed by atoms with Crippen molar-refractivity contribution < 1.29 is 42.5 Å². The highest BCUT2D eigenvalue weighted by Gasteiger charge is 2.50. The number of quaternary nitrogens is 2. The summed E-state index contributed by atoms with van der Waals surface area (Å²) in [5.41, 5.74) is 10.9. The number of non-ortho nitro benzene ring substituents is 1. The summed E-state index contributed by atoms with van der Waals surface area (Å²) in [6.45, 7) is 5.63. The van der Waals surface area contributed by atoms with Crippen LogP contribution < -0.4 is 16.4 Å². The molecular weight excluding hydrogens is 909 g/mol. The molecule has 6 fully saturated rings. The number of ketones is 2. The number of esters is 2. The van der Waals surface area contributed by atoms with Crippen molar-refractivity contribution in [2.24, 2.45) is 11.8 Å². The molecule has 6 heterocycles. The first-order valence-corrected chi connectivity index (χ1v) is 24.9. The summed E-state index contributed by atoms with van der Waals surface area (Å²) in [5, 5.41) is 17.6. The fourth-order valence-corrected chi connectivity index (χ4v) is 11.1. The van der Waals surface area contributed by atoms with E-state index < -0.39 is 17.0 Å². The number of carbonyl (C=O) groups is 4. The summed E-state index contributed by atoms with van der Waals surface area (Å²) >= 11 is 0. The van der Waals surface area contributed by atoms with Gasteiger partial charge >= 0.3 is 11.9 Å². The molecule has 6 aromatic rings. The Labute approximate surface area is 420 Å². The van der Waals surface area contributed by atoms with Crippen molar-refractivity contribution in [3.05, 3.63) is 202 Å². The molecule has 14 nitrogen and oxygen atoms in total. The summed E-state index contributed by atoms with van der Waals surface area (Å²) in [6.07, 6.45) is 3.28. The van der Waals surface area contributed by atoms with Gasteiger partial charge in [-0.3, -0.25) is 19.7 Å². The fraction of sp³-hybridized carbons (Fsp3) is 0.310. The first-order valence-electron chi connectivity index (χ1n) is 24.9. The maximum atomic E-state index is 13.5. The van der Waals surface area contributed by atoms with Gasteiger partial charge in [-0.1, -0.05) is 97.1 Å². The van der Waals surface area contributed by atoms with E-state index in [4.69, 9.17) is 15.2 Å². The zero-order chi connectivity index (χ0) is 50.1. The van der Waals surface area contributed by atoms with Gasteiger partial charge in [-0.05, 0) is 71.8 Å². The smallest absolute Gasteiger partial charge is 0.333 e. The standard InChI is InChI=1S/C29H30N3O5.C29H31N3O3/c33-26(21-11-13-25(14-12-21)31(35)36)19-32-17-15-22(16-18-32)27(20-32)37-29(34)28(23-7-3-1-4-8-23)30-24-9-5-2-6-10-24;30-24-13-11-21(12-14-24)26(33)19-32-17-15-22(16-18-32)27(20-32)35-29(34)28(23-7-3-1-4-8-23)31-25-9-5-2-6-10-25/h1-14,22,27-28,30H,15-20H2;1-14,22,27-28,31H,15-20H2,(H-,30,33)/q+1;/p+1/t2*22?,27-,28+,32?/m00/s1. The molecule has 6 aromatic carbocycles. The first-order chi connectivity index (χ1) is 34.9. The number of para-hydroxylation sites is 2. The highest BCUT2D eigenvalue weighted by Crippen LogP contribution is 2.39. The zero-order valence-corrected chi connectivity index (χ0v) is 40.3. The van der Waals surface area contributed by atoms with Crippen molar-refractivity contribution in [3.8, 4) is 0 Å². The molecule has 4 bridgehead atoms. The van der Waals surface area contributed by atoms with Crippen LogP contribution in [-0.4, -0.2) is 102 Å². The summed E-state index contributed by atoms with van der Waals surface area (Å²) in [4.78, 5) is 63.6. The first kappa shape index (κ1) is 49.3. The minimum Gasteiger partial charge on any atom is -0.454 e. The second-order valence-electron chi connectivity index (χ2n) is 19.9. The van der Waals surface area contributed by atoms with Crippen LogP contribution >= 0.6 is 0 Å². The van der Waals surface area contributed by atoms with Crippen LogP contribution in [0.4, 0.5) is 22.7 Å². The van der Waals surface area contributed by atoms with Crippen LogP contribution in [-0.2, 0) is 19.1 Å². The molecule has 4 N–H and O–H groups in total. The van der Waals surface area contributed by atoms with Crippen LogP contribution in [0.5, 0.6) is 0 Å². The van der Waals surface area contributed by atoms with Gasteiger partial charge in [-0.25, -0.2) is 9.59 Å². The number of carbonyl (C=O) groups excluding carboxylic acids is 4. The van der Waals surface area contributed by atoms with Crippen LogP contribution in [0.1, 0.15) is 69.6 Å². The van der Waals surface area contributed by atoms with Crippen molar-refractivity contribution in [3.63, 3.8) is 0 Å². The number of Topliss-reactive ketones (excluding diaryl/α,β-unsaturated/α-hetero) is 2. The monoisotopic (exact) mass is 970 g/mol. The van der Waals surface area contributed by atoms with Gasteiger partial charge in [0.05, 0.1) is 31.1 Å². The molecule has 0 saturated carbocycles. The second-order valence-corrected chi connectivity index (χ2v) is 19.9. The number of nitrogen functional groups attached to an aromatic ring is 1. The Morgan fingerprint density at radius 1 is 0.528 bits per heavy atom. The molecule has 72 heavy (non-hydrogen) atoms. The quantitative estimate of drug-likeness (QED) is 0.0198. The molecule has 6 aliphatic rings. The second kappa shape index (κ2) is 22.2. The predicted molar refractivity (Wildman–Crippen MR) is 276 cm³/mol. The van der Waals surface area contributed by atoms with Crippen molar-refractivity contribution >= 4 is 46.3 Å². The average molecular weight is 971 g/mol. The number of hydrogen-bond acceptors (Lipinski definition) is 11. The van der Waals surface area contributed by atoms with Crippen molar-refractivity contribution in [2.45, 2.75) is 50.0 Å². The lowest BCUT2D eigenvalue weighted by molar-refractivity contribution is -0.938. The van der Waals surface area contributed by atoms with E-state index in [1.807, 2.05) is 121 Å². The number of nitrogens with two attached hydrogens (primary N) is 1. The molecule has 0 spiro atoms. The van der Waals surface area contributed by atoms with Crippen molar-refractivity contribution in [1.29, 1.82) is 0 Å². The van der Waals surface area contributed by atoms with E-state index in [9.17, 15) is 29.3 Å². The van der Waals surface area contributed by atoms with Gasteiger partial charge in [0.1, 0.15) is 26.2 Å². The fourth-order valence-electron chi connectivity index (χ4n) is 11.1.